The number of benzene rings is 2. The van der Waals surface area contributed by atoms with E-state index in [1.165, 1.54) is 5.56 Å². The zero-order valence-electron chi connectivity index (χ0n) is 9.90. The highest BCUT2D eigenvalue weighted by molar-refractivity contribution is 9.10. The summed E-state index contributed by atoms with van der Waals surface area (Å²) in [7, 11) is 0. The van der Waals surface area contributed by atoms with Crippen LogP contribution in [0.5, 0.6) is 5.75 Å². The maximum absolute atomic E-state index is 6.01. The van der Waals surface area contributed by atoms with Gasteiger partial charge >= 0.3 is 0 Å². The van der Waals surface area contributed by atoms with Crippen LogP contribution in [0, 0.1) is 0 Å². The van der Waals surface area contributed by atoms with Gasteiger partial charge in [-0.2, -0.15) is 0 Å². The lowest BCUT2D eigenvalue weighted by Crippen LogP contribution is -1.99. The molecule has 0 aliphatic carbocycles. The van der Waals surface area contributed by atoms with Gasteiger partial charge in [0.15, 0.2) is 0 Å². The van der Waals surface area contributed by atoms with E-state index < -0.39 is 0 Å². The van der Waals surface area contributed by atoms with E-state index in [9.17, 15) is 0 Å². The average Bonchev–Trinajstić information content (AvgIpc) is 2.39. The van der Waals surface area contributed by atoms with Crippen LogP contribution < -0.4 is 4.74 Å². The lowest BCUT2D eigenvalue weighted by molar-refractivity contribution is 0.311. The van der Waals surface area contributed by atoms with Crippen molar-refractivity contribution in [1.82, 2.24) is 0 Å². The summed E-state index contributed by atoms with van der Waals surface area (Å²) in [5.41, 5.74) is 1.32. The SMILES string of the molecule is Clc1ccccc1OCCCc1ccc(Br)cc1. The van der Waals surface area contributed by atoms with Gasteiger partial charge in [-0.25, -0.2) is 0 Å². The van der Waals surface area contributed by atoms with Crippen molar-refractivity contribution in [3.63, 3.8) is 0 Å². The maximum atomic E-state index is 6.01. The lowest BCUT2D eigenvalue weighted by atomic mass is 10.1. The molecule has 0 heterocycles. The highest BCUT2D eigenvalue weighted by Gasteiger charge is 1.99. The predicted octanol–water partition coefficient (Wildman–Crippen LogP) is 5.11. The molecule has 1 nitrogen and oxygen atoms in total. The van der Waals surface area contributed by atoms with Crippen LogP contribution in [0.3, 0.4) is 0 Å². The standard InChI is InChI=1S/C15H14BrClO/c16-13-9-7-12(8-10-13)4-3-11-18-15-6-2-1-5-14(15)17/h1-2,5-10H,3-4,11H2. The van der Waals surface area contributed by atoms with Crippen molar-refractivity contribution in [2.45, 2.75) is 12.8 Å². The van der Waals surface area contributed by atoms with Gasteiger partial charge in [0.05, 0.1) is 11.6 Å². The first-order valence-corrected chi connectivity index (χ1v) is 7.04. The van der Waals surface area contributed by atoms with Gasteiger partial charge in [-0.1, -0.05) is 51.8 Å². The molecule has 18 heavy (non-hydrogen) atoms. The summed E-state index contributed by atoms with van der Waals surface area (Å²) in [6.07, 6.45) is 1.99. The van der Waals surface area contributed by atoms with E-state index in [1.54, 1.807) is 0 Å². The molecule has 0 unspecified atom stereocenters. The summed E-state index contributed by atoms with van der Waals surface area (Å²) in [5, 5.41) is 0.668. The van der Waals surface area contributed by atoms with Crippen LogP contribution in [0.25, 0.3) is 0 Å². The second-order valence-corrected chi connectivity index (χ2v) is 5.33. The molecule has 0 N–H and O–H groups in total. The van der Waals surface area contributed by atoms with E-state index in [4.69, 9.17) is 16.3 Å². The van der Waals surface area contributed by atoms with E-state index in [2.05, 4.69) is 40.2 Å². The molecule has 0 aromatic heterocycles. The van der Waals surface area contributed by atoms with Crippen molar-refractivity contribution in [2.75, 3.05) is 6.61 Å². The Morgan fingerprint density at radius 2 is 1.72 bits per heavy atom. The summed E-state index contributed by atoms with van der Waals surface area (Å²) in [5.74, 6) is 0.759. The average molecular weight is 326 g/mol. The molecule has 3 heteroatoms. The smallest absolute Gasteiger partial charge is 0.137 e. The molecule has 0 bridgehead atoms. The minimum atomic E-state index is 0.668. The molecule has 0 saturated carbocycles. The summed E-state index contributed by atoms with van der Waals surface area (Å²) in [4.78, 5) is 0. The maximum Gasteiger partial charge on any atom is 0.137 e. The first-order chi connectivity index (χ1) is 8.75. The zero-order chi connectivity index (χ0) is 12.8. The quantitative estimate of drug-likeness (QED) is 0.694. The van der Waals surface area contributed by atoms with Crippen LogP contribution >= 0.6 is 27.5 Å². The number of ether oxygens (including phenoxy) is 1. The van der Waals surface area contributed by atoms with Gasteiger partial charge in [0.25, 0.3) is 0 Å². The molecule has 2 aromatic rings. The van der Waals surface area contributed by atoms with Gasteiger partial charge in [0, 0.05) is 4.47 Å². The van der Waals surface area contributed by atoms with Crippen LogP contribution in [0.2, 0.25) is 5.02 Å². The fourth-order valence-electron chi connectivity index (χ4n) is 1.67. The number of hydrogen-bond acceptors (Lipinski definition) is 1. The number of rotatable bonds is 5. The van der Waals surface area contributed by atoms with Crippen molar-refractivity contribution >= 4 is 27.5 Å². The molecular weight excluding hydrogens is 312 g/mol. The summed E-state index contributed by atoms with van der Waals surface area (Å²) in [6.45, 7) is 0.680. The van der Waals surface area contributed by atoms with Gasteiger partial charge in [0.1, 0.15) is 5.75 Å². The monoisotopic (exact) mass is 324 g/mol. The molecule has 0 aliphatic rings. The van der Waals surface area contributed by atoms with Crippen LogP contribution in [0.15, 0.2) is 53.0 Å². The van der Waals surface area contributed by atoms with Gasteiger partial charge in [-0.05, 0) is 42.7 Å². The van der Waals surface area contributed by atoms with E-state index in [-0.39, 0.29) is 0 Å². The summed E-state index contributed by atoms with van der Waals surface area (Å²) >= 11 is 9.43. The second-order valence-electron chi connectivity index (χ2n) is 4.01. The normalized spacial score (nSPS) is 10.3. The van der Waals surface area contributed by atoms with E-state index in [1.807, 2.05) is 24.3 Å². The molecule has 0 saturated heterocycles. The third-order valence-electron chi connectivity index (χ3n) is 2.62. The molecule has 2 rings (SSSR count). The minimum Gasteiger partial charge on any atom is -0.492 e. The lowest BCUT2D eigenvalue weighted by Gasteiger charge is -2.07. The van der Waals surface area contributed by atoms with Crippen molar-refractivity contribution in [3.8, 4) is 5.75 Å². The van der Waals surface area contributed by atoms with Gasteiger partial charge < -0.3 is 4.74 Å². The van der Waals surface area contributed by atoms with Crippen molar-refractivity contribution in [3.05, 3.63) is 63.6 Å². The van der Waals surface area contributed by atoms with Crippen molar-refractivity contribution < 1.29 is 4.74 Å². The third-order valence-corrected chi connectivity index (χ3v) is 3.46. The van der Waals surface area contributed by atoms with Gasteiger partial charge in [-0.15, -0.1) is 0 Å². The Bertz CT molecular complexity index is 496. The Hall–Kier alpha value is -0.990. The molecule has 94 valence electrons. The first-order valence-electron chi connectivity index (χ1n) is 5.87. The number of hydrogen-bond donors (Lipinski definition) is 0. The number of halogens is 2. The molecule has 0 fully saturated rings. The molecular formula is C15H14BrClO. The first kappa shape index (κ1) is 13.4. The molecule has 0 amide bonds. The fourth-order valence-corrected chi connectivity index (χ4v) is 2.13. The van der Waals surface area contributed by atoms with Gasteiger partial charge in [-0.3, -0.25) is 0 Å². The second kappa shape index (κ2) is 6.81. The Balaban J connectivity index is 1.76. The molecule has 0 radical (unpaired) electrons. The minimum absolute atomic E-state index is 0.668. The number of aryl methyl sites for hydroxylation is 1. The molecule has 0 atom stereocenters. The molecule has 0 aliphatic heterocycles. The molecule has 0 spiro atoms. The fraction of sp³-hybridized carbons (Fsp3) is 0.200. The Morgan fingerprint density at radius 1 is 1.00 bits per heavy atom. The van der Waals surface area contributed by atoms with Crippen LogP contribution in [0.1, 0.15) is 12.0 Å². The topological polar surface area (TPSA) is 9.23 Å². The third kappa shape index (κ3) is 4.04. The van der Waals surface area contributed by atoms with E-state index in [0.717, 1.165) is 23.1 Å². The summed E-state index contributed by atoms with van der Waals surface area (Å²) in [6, 6.07) is 15.9. The largest absolute Gasteiger partial charge is 0.492 e. The van der Waals surface area contributed by atoms with Crippen LogP contribution in [-0.4, -0.2) is 6.61 Å². The summed E-state index contributed by atoms with van der Waals surface area (Å²) < 4.78 is 6.75. The van der Waals surface area contributed by atoms with E-state index in [0.29, 0.717) is 11.6 Å². The van der Waals surface area contributed by atoms with E-state index >= 15 is 0 Å². The highest BCUT2D eigenvalue weighted by Crippen LogP contribution is 2.23. The molecule has 2 aromatic carbocycles. The Labute approximate surface area is 121 Å². The van der Waals surface area contributed by atoms with Crippen LogP contribution in [0.4, 0.5) is 0 Å². The highest BCUT2D eigenvalue weighted by atomic mass is 79.9. The Morgan fingerprint density at radius 3 is 2.44 bits per heavy atom. The zero-order valence-corrected chi connectivity index (χ0v) is 12.2. The van der Waals surface area contributed by atoms with Crippen molar-refractivity contribution in [2.24, 2.45) is 0 Å². The number of para-hydroxylation sites is 1. The van der Waals surface area contributed by atoms with Crippen molar-refractivity contribution in [1.29, 1.82) is 0 Å². The van der Waals surface area contributed by atoms with Crippen LogP contribution in [-0.2, 0) is 6.42 Å². The van der Waals surface area contributed by atoms with Gasteiger partial charge in [0.2, 0.25) is 0 Å². The Kier molecular flexibility index (Phi) is 5.09. The predicted molar refractivity (Wildman–Crippen MR) is 79.4 cm³/mol.